The van der Waals surface area contributed by atoms with Gasteiger partial charge in [-0.05, 0) is 45.2 Å². The molecule has 0 aromatic carbocycles. The Morgan fingerprint density at radius 1 is 1.18 bits per heavy atom. The van der Waals surface area contributed by atoms with Gasteiger partial charge in [0.25, 0.3) is 5.91 Å². The van der Waals surface area contributed by atoms with Crippen LogP contribution in [-0.4, -0.2) is 73.4 Å². The Bertz CT molecular complexity index is 1220. The van der Waals surface area contributed by atoms with Crippen LogP contribution in [0.2, 0.25) is 0 Å². The maximum absolute atomic E-state index is 13.1. The molecule has 0 bridgehead atoms. The number of carboxylic acid groups (broad SMARTS) is 1. The van der Waals surface area contributed by atoms with Gasteiger partial charge >= 0.3 is 6.09 Å². The van der Waals surface area contributed by atoms with Crippen LogP contribution in [0.5, 0.6) is 5.75 Å². The number of hydrogen-bond donors (Lipinski definition) is 2. The number of amides is 2. The first kappa shape index (κ1) is 21.9. The van der Waals surface area contributed by atoms with Crippen LogP contribution in [0.4, 0.5) is 16.4 Å². The molecule has 1 saturated carbocycles. The summed E-state index contributed by atoms with van der Waals surface area (Å²) in [5.74, 6) is 1.13. The van der Waals surface area contributed by atoms with Gasteiger partial charge < -0.3 is 29.4 Å². The number of carbonyl (C=O) groups excluding carboxylic acids is 1. The van der Waals surface area contributed by atoms with Crippen molar-refractivity contribution in [2.45, 2.75) is 45.3 Å². The molecule has 2 N–H and O–H groups in total. The van der Waals surface area contributed by atoms with Crippen LogP contribution in [-0.2, 0) is 0 Å². The highest BCUT2D eigenvalue weighted by atomic mass is 16.5. The zero-order valence-electron chi connectivity index (χ0n) is 19.1. The highest BCUT2D eigenvalue weighted by Crippen LogP contribution is 2.29. The van der Waals surface area contributed by atoms with Crippen molar-refractivity contribution in [3.05, 3.63) is 41.9 Å². The number of hydrogen-bond acceptors (Lipinski definition) is 7. The number of carbonyl (C=O) groups is 2. The second-order valence-electron chi connectivity index (χ2n) is 8.87. The van der Waals surface area contributed by atoms with E-state index in [1.165, 1.54) is 4.90 Å². The van der Waals surface area contributed by atoms with Gasteiger partial charge in [0.1, 0.15) is 11.4 Å². The van der Waals surface area contributed by atoms with Crippen LogP contribution in [0.25, 0.3) is 5.65 Å². The number of aromatic nitrogens is 4. The van der Waals surface area contributed by atoms with E-state index in [-0.39, 0.29) is 18.1 Å². The van der Waals surface area contributed by atoms with E-state index in [2.05, 4.69) is 20.5 Å². The van der Waals surface area contributed by atoms with Crippen LogP contribution in [0.15, 0.2) is 30.6 Å². The van der Waals surface area contributed by atoms with Gasteiger partial charge in [0.15, 0.2) is 11.6 Å². The number of fused-ring (bicyclic) bond motifs is 1. The average molecular weight is 466 g/mol. The molecule has 3 aromatic rings. The molecule has 3 aromatic heterocycles. The standard InChI is InChI=1S/C23H27N7O4/c1-14-11-29-13-17(18(10-21(29)24-14)34-16-4-3-5-16)22(31)25-19-6-7-20(27-26-19)28-8-9-30(23(32)33)15(2)12-28/h6-7,10-11,13,15-16H,3-5,8-9,12H2,1-2H3,(H,32,33)(H,25,26,31). The monoisotopic (exact) mass is 465 g/mol. The zero-order valence-corrected chi connectivity index (χ0v) is 19.1. The SMILES string of the molecule is Cc1cn2cc(C(=O)Nc3ccc(N4CCN(C(=O)O)C(C)C4)nn3)c(OC3CCC3)cc2n1. The summed E-state index contributed by atoms with van der Waals surface area (Å²) in [6, 6.07) is 5.12. The van der Waals surface area contributed by atoms with E-state index in [1.54, 1.807) is 24.4 Å². The smallest absolute Gasteiger partial charge is 0.407 e. The molecular formula is C23H27N7O4. The first-order chi connectivity index (χ1) is 16.4. The lowest BCUT2D eigenvalue weighted by Crippen LogP contribution is -2.54. The number of piperazine rings is 1. The van der Waals surface area contributed by atoms with Crippen LogP contribution in [0, 0.1) is 6.92 Å². The second kappa shape index (κ2) is 8.81. The maximum atomic E-state index is 13.1. The van der Waals surface area contributed by atoms with Gasteiger partial charge in [-0.3, -0.25) is 4.79 Å². The van der Waals surface area contributed by atoms with Crippen molar-refractivity contribution in [3.8, 4) is 5.75 Å². The Hall–Kier alpha value is -3.89. The summed E-state index contributed by atoms with van der Waals surface area (Å²) >= 11 is 0. The Morgan fingerprint density at radius 2 is 2.00 bits per heavy atom. The molecule has 2 fully saturated rings. The lowest BCUT2D eigenvalue weighted by atomic mass is 9.96. The Labute approximate surface area is 196 Å². The van der Waals surface area contributed by atoms with Crippen LogP contribution in [0.1, 0.15) is 42.2 Å². The fourth-order valence-corrected chi connectivity index (χ4v) is 4.27. The average Bonchev–Trinajstić information content (AvgIpc) is 3.14. The first-order valence-corrected chi connectivity index (χ1v) is 11.4. The van der Waals surface area contributed by atoms with Crippen molar-refractivity contribution in [2.75, 3.05) is 29.9 Å². The minimum atomic E-state index is -0.916. The summed E-state index contributed by atoms with van der Waals surface area (Å²) < 4.78 is 7.90. The maximum Gasteiger partial charge on any atom is 0.407 e. The zero-order chi connectivity index (χ0) is 23.8. The summed E-state index contributed by atoms with van der Waals surface area (Å²) in [5.41, 5.74) is 1.98. The molecular weight excluding hydrogens is 438 g/mol. The van der Waals surface area contributed by atoms with E-state index in [0.717, 1.165) is 30.6 Å². The van der Waals surface area contributed by atoms with Crippen LogP contribution < -0.4 is 15.0 Å². The molecule has 1 aliphatic heterocycles. The summed E-state index contributed by atoms with van der Waals surface area (Å²) in [4.78, 5) is 32.3. The van der Waals surface area contributed by atoms with Gasteiger partial charge in [0.2, 0.25) is 0 Å². The lowest BCUT2D eigenvalue weighted by Gasteiger charge is -2.38. The lowest BCUT2D eigenvalue weighted by molar-refractivity contribution is 0.0990. The second-order valence-corrected chi connectivity index (χ2v) is 8.87. The fourth-order valence-electron chi connectivity index (χ4n) is 4.27. The molecule has 11 nitrogen and oxygen atoms in total. The molecule has 2 aliphatic rings. The first-order valence-electron chi connectivity index (χ1n) is 11.4. The summed E-state index contributed by atoms with van der Waals surface area (Å²) in [6.45, 7) is 5.22. The third-order valence-corrected chi connectivity index (χ3v) is 6.35. The third-order valence-electron chi connectivity index (χ3n) is 6.35. The number of rotatable bonds is 5. The van der Waals surface area contributed by atoms with Gasteiger partial charge in [-0.15, -0.1) is 10.2 Å². The molecule has 1 atom stereocenters. The number of anilines is 2. The van der Waals surface area contributed by atoms with Gasteiger partial charge in [-0.2, -0.15) is 0 Å². The summed E-state index contributed by atoms with van der Waals surface area (Å²) in [6.07, 6.45) is 5.87. The third kappa shape index (κ3) is 4.33. The number of ether oxygens (including phenoxy) is 1. The minimum Gasteiger partial charge on any atom is -0.489 e. The number of nitrogens with zero attached hydrogens (tertiary/aromatic N) is 6. The van der Waals surface area contributed by atoms with E-state index < -0.39 is 6.09 Å². The van der Waals surface area contributed by atoms with Crippen molar-refractivity contribution in [2.24, 2.45) is 0 Å². The largest absolute Gasteiger partial charge is 0.489 e. The van der Waals surface area contributed by atoms with E-state index in [1.807, 2.05) is 29.3 Å². The van der Waals surface area contributed by atoms with Crippen molar-refractivity contribution in [1.82, 2.24) is 24.5 Å². The molecule has 1 aliphatic carbocycles. The molecule has 4 heterocycles. The quantitative estimate of drug-likeness (QED) is 0.589. The summed E-state index contributed by atoms with van der Waals surface area (Å²) in [7, 11) is 0. The van der Waals surface area contributed by atoms with Crippen LogP contribution >= 0.6 is 0 Å². The van der Waals surface area contributed by atoms with E-state index in [0.29, 0.717) is 42.6 Å². The van der Waals surface area contributed by atoms with Gasteiger partial charge in [0.05, 0.1) is 17.4 Å². The predicted octanol–water partition coefficient (Wildman–Crippen LogP) is 2.80. The van der Waals surface area contributed by atoms with Gasteiger partial charge in [-0.1, -0.05) is 0 Å². The minimum absolute atomic E-state index is 0.119. The molecule has 2 amide bonds. The molecule has 1 unspecified atom stereocenters. The molecule has 11 heteroatoms. The Balaban J connectivity index is 1.31. The van der Waals surface area contributed by atoms with Gasteiger partial charge in [0, 0.05) is 44.1 Å². The van der Waals surface area contributed by atoms with Crippen molar-refractivity contribution in [1.29, 1.82) is 0 Å². The fraction of sp³-hybridized carbons (Fsp3) is 0.435. The number of pyridine rings is 1. The number of nitrogens with one attached hydrogen (secondary N) is 1. The Kier molecular flexibility index (Phi) is 5.68. The van der Waals surface area contributed by atoms with Crippen LogP contribution in [0.3, 0.4) is 0 Å². The topological polar surface area (TPSA) is 125 Å². The predicted molar refractivity (Wildman–Crippen MR) is 125 cm³/mol. The normalized spacial score (nSPS) is 18.6. The Morgan fingerprint density at radius 3 is 2.65 bits per heavy atom. The number of aryl methyl sites for hydroxylation is 1. The van der Waals surface area contributed by atoms with E-state index in [9.17, 15) is 14.7 Å². The molecule has 0 radical (unpaired) electrons. The van der Waals surface area contributed by atoms with Crippen molar-refractivity contribution in [3.63, 3.8) is 0 Å². The number of imidazole rings is 1. The molecule has 178 valence electrons. The van der Waals surface area contributed by atoms with Gasteiger partial charge in [-0.25, -0.2) is 9.78 Å². The van der Waals surface area contributed by atoms with E-state index in [4.69, 9.17) is 4.74 Å². The molecule has 34 heavy (non-hydrogen) atoms. The van der Waals surface area contributed by atoms with Crippen molar-refractivity contribution < 1.29 is 19.4 Å². The van der Waals surface area contributed by atoms with Crippen molar-refractivity contribution >= 4 is 29.3 Å². The molecule has 5 rings (SSSR count). The van der Waals surface area contributed by atoms with E-state index >= 15 is 0 Å². The molecule has 1 saturated heterocycles. The highest BCUT2D eigenvalue weighted by Gasteiger charge is 2.28. The highest BCUT2D eigenvalue weighted by molar-refractivity contribution is 6.05. The summed E-state index contributed by atoms with van der Waals surface area (Å²) in [5, 5.41) is 20.5. The molecule has 0 spiro atoms.